The average Bonchev–Trinajstić information content (AvgIpc) is 3.80. The molecule has 0 amide bonds. The molecule has 5 heteroatoms. The van der Waals surface area contributed by atoms with Crippen LogP contribution >= 0.6 is 11.3 Å². The molecule has 0 saturated carbocycles. The van der Waals surface area contributed by atoms with Gasteiger partial charge in [0, 0.05) is 53.0 Å². The molecule has 0 aliphatic carbocycles. The molecule has 12 rings (SSSR count). The molecule has 0 aliphatic heterocycles. The van der Waals surface area contributed by atoms with E-state index in [0.717, 1.165) is 43.9 Å². The zero-order valence-electron chi connectivity index (χ0n) is 30.0. The molecule has 0 radical (unpaired) electrons. The molecule has 0 N–H and O–H groups in total. The molecule has 0 unspecified atom stereocenters. The van der Waals surface area contributed by atoms with Gasteiger partial charge in [-0.25, -0.2) is 15.0 Å². The Kier molecular flexibility index (Phi) is 6.76. The molecule has 9 aromatic carbocycles. The van der Waals surface area contributed by atoms with Gasteiger partial charge in [-0.2, -0.15) is 0 Å². The van der Waals surface area contributed by atoms with Gasteiger partial charge in [0.25, 0.3) is 0 Å². The lowest BCUT2D eigenvalue weighted by Gasteiger charge is -2.15. The molecule has 56 heavy (non-hydrogen) atoms. The first-order chi connectivity index (χ1) is 27.8. The van der Waals surface area contributed by atoms with Gasteiger partial charge >= 0.3 is 0 Å². The smallest absolute Gasteiger partial charge is 0.165 e. The summed E-state index contributed by atoms with van der Waals surface area (Å²) in [6.07, 6.45) is 0. The Morgan fingerprint density at radius 3 is 1.70 bits per heavy atom. The molecule has 12 aromatic rings. The van der Waals surface area contributed by atoms with E-state index in [1.807, 2.05) is 0 Å². The van der Waals surface area contributed by atoms with Gasteiger partial charge in [-0.05, 0) is 63.3 Å². The fraction of sp³-hybridized carbons (Fsp3) is 0. The molecule has 0 saturated heterocycles. The van der Waals surface area contributed by atoms with Crippen LogP contribution in [0.15, 0.2) is 182 Å². The Bertz CT molecular complexity index is 3550. The summed E-state index contributed by atoms with van der Waals surface area (Å²) in [7, 11) is 0. The number of aromatic nitrogens is 4. The summed E-state index contributed by atoms with van der Waals surface area (Å²) in [5, 5.41) is 11.9. The minimum atomic E-state index is 0.645. The highest BCUT2D eigenvalue weighted by Crippen LogP contribution is 2.42. The van der Waals surface area contributed by atoms with E-state index in [4.69, 9.17) is 15.0 Å². The van der Waals surface area contributed by atoms with Crippen molar-refractivity contribution in [2.45, 2.75) is 0 Å². The van der Waals surface area contributed by atoms with E-state index in [9.17, 15) is 0 Å². The van der Waals surface area contributed by atoms with E-state index in [1.54, 1.807) is 11.3 Å². The lowest BCUT2D eigenvalue weighted by molar-refractivity contribution is 1.08. The van der Waals surface area contributed by atoms with Gasteiger partial charge in [0.15, 0.2) is 17.5 Å². The predicted octanol–water partition coefficient (Wildman–Crippen LogP) is 13.8. The van der Waals surface area contributed by atoms with Crippen LogP contribution in [0, 0.1) is 0 Å². The highest BCUT2D eigenvalue weighted by molar-refractivity contribution is 7.26. The van der Waals surface area contributed by atoms with Crippen molar-refractivity contribution in [1.29, 1.82) is 0 Å². The maximum Gasteiger partial charge on any atom is 0.165 e. The maximum atomic E-state index is 5.35. The van der Waals surface area contributed by atoms with Gasteiger partial charge in [0.2, 0.25) is 0 Å². The van der Waals surface area contributed by atoms with Gasteiger partial charge < -0.3 is 4.57 Å². The van der Waals surface area contributed by atoms with Gasteiger partial charge in [0.1, 0.15) is 0 Å². The Labute approximate surface area is 325 Å². The molecule has 3 heterocycles. The summed E-state index contributed by atoms with van der Waals surface area (Å²) in [5.74, 6) is 1.96. The summed E-state index contributed by atoms with van der Waals surface area (Å²) < 4.78 is 4.85. The third kappa shape index (κ3) is 4.68. The van der Waals surface area contributed by atoms with Crippen molar-refractivity contribution >= 4 is 85.6 Å². The molecule has 260 valence electrons. The third-order valence-electron chi connectivity index (χ3n) is 11.2. The van der Waals surface area contributed by atoms with Gasteiger partial charge in [-0.3, -0.25) is 0 Å². The van der Waals surface area contributed by atoms with Crippen molar-refractivity contribution in [2.24, 2.45) is 0 Å². The summed E-state index contributed by atoms with van der Waals surface area (Å²) >= 11 is 1.79. The molecule has 0 bridgehead atoms. The average molecular weight is 731 g/mol. The summed E-state index contributed by atoms with van der Waals surface area (Å²) in [6.45, 7) is 0. The Hall–Kier alpha value is -7.21. The second-order valence-electron chi connectivity index (χ2n) is 14.4. The van der Waals surface area contributed by atoms with Crippen LogP contribution in [-0.4, -0.2) is 19.5 Å². The molecule has 0 atom stereocenters. The maximum absolute atomic E-state index is 5.35. The van der Waals surface area contributed by atoms with Gasteiger partial charge in [-0.1, -0.05) is 146 Å². The number of rotatable bonds is 4. The fourth-order valence-electron chi connectivity index (χ4n) is 8.68. The van der Waals surface area contributed by atoms with Crippen molar-refractivity contribution in [2.75, 3.05) is 0 Å². The van der Waals surface area contributed by atoms with Crippen molar-refractivity contribution in [3.05, 3.63) is 182 Å². The van der Waals surface area contributed by atoms with Gasteiger partial charge in [-0.15, -0.1) is 11.3 Å². The van der Waals surface area contributed by atoms with Crippen LogP contribution in [0.2, 0.25) is 0 Å². The first-order valence-electron chi connectivity index (χ1n) is 18.9. The fourth-order valence-corrected chi connectivity index (χ4v) is 9.89. The standard InChI is InChI=1S/C51H30N4S/c1-2-15-33-30-46-43(29-32(33)14-1)37-18-5-7-26-44(37)55(46)45-27-12-20-35-36(45)21-10-24-41(35)50-52-49(40-23-9-16-31-13-3-4-17-34(31)40)53-51(54-50)42-25-11-22-39-38-19-6-8-28-47(38)56-48(39)42/h1-30H. The van der Waals surface area contributed by atoms with Crippen LogP contribution in [0.4, 0.5) is 0 Å². The quantitative estimate of drug-likeness (QED) is 0.181. The topological polar surface area (TPSA) is 43.6 Å². The zero-order valence-corrected chi connectivity index (χ0v) is 30.8. The minimum absolute atomic E-state index is 0.645. The minimum Gasteiger partial charge on any atom is -0.309 e. The van der Waals surface area contributed by atoms with Crippen molar-refractivity contribution in [3.63, 3.8) is 0 Å². The normalized spacial score (nSPS) is 11.9. The number of hydrogen-bond acceptors (Lipinski definition) is 4. The van der Waals surface area contributed by atoms with Crippen LogP contribution in [0.1, 0.15) is 0 Å². The SMILES string of the molecule is c1ccc2cc3c(cc2c1)c1ccccc1n3-c1cccc2c(-c3nc(-c4cccc5ccccc45)nc(-c4cccc5c4sc4ccccc45)n3)cccc12. The van der Waals surface area contributed by atoms with Crippen molar-refractivity contribution in [3.8, 4) is 39.9 Å². The number of thiophene rings is 1. The molecule has 4 nitrogen and oxygen atoms in total. The van der Waals surface area contributed by atoms with Gasteiger partial charge in [0.05, 0.1) is 16.7 Å². The first kappa shape index (κ1) is 31.2. The predicted molar refractivity (Wildman–Crippen MR) is 236 cm³/mol. The third-order valence-corrected chi connectivity index (χ3v) is 12.5. The lowest BCUT2D eigenvalue weighted by atomic mass is 10.0. The molecule has 0 fully saturated rings. The van der Waals surface area contributed by atoms with Crippen LogP contribution in [0.5, 0.6) is 0 Å². The number of fused-ring (bicyclic) bond motifs is 9. The Morgan fingerprint density at radius 2 is 0.875 bits per heavy atom. The molecular formula is C51H30N4S. The summed E-state index contributed by atoms with van der Waals surface area (Å²) in [4.78, 5) is 16.0. The second kappa shape index (κ2) is 12.2. The van der Waals surface area contributed by atoms with Crippen LogP contribution in [0.25, 0.3) is 114 Å². The molecular weight excluding hydrogens is 701 g/mol. The number of para-hydroxylation sites is 1. The van der Waals surface area contributed by atoms with Crippen molar-refractivity contribution in [1.82, 2.24) is 19.5 Å². The summed E-state index contributed by atoms with van der Waals surface area (Å²) in [6, 6.07) is 65.0. The van der Waals surface area contributed by atoms with E-state index in [1.165, 1.54) is 52.8 Å². The number of benzene rings is 9. The van der Waals surface area contributed by atoms with Crippen LogP contribution in [-0.2, 0) is 0 Å². The lowest BCUT2D eigenvalue weighted by Crippen LogP contribution is -2.01. The molecule has 3 aromatic heterocycles. The summed E-state index contributed by atoms with van der Waals surface area (Å²) in [5.41, 5.74) is 6.42. The van der Waals surface area contributed by atoms with E-state index < -0.39 is 0 Å². The Morgan fingerprint density at radius 1 is 0.339 bits per heavy atom. The van der Waals surface area contributed by atoms with E-state index in [-0.39, 0.29) is 0 Å². The molecule has 0 spiro atoms. The number of hydrogen-bond donors (Lipinski definition) is 0. The highest BCUT2D eigenvalue weighted by atomic mass is 32.1. The highest BCUT2D eigenvalue weighted by Gasteiger charge is 2.20. The molecule has 0 aliphatic rings. The van der Waals surface area contributed by atoms with E-state index in [2.05, 4.69) is 187 Å². The van der Waals surface area contributed by atoms with Crippen molar-refractivity contribution < 1.29 is 0 Å². The van der Waals surface area contributed by atoms with E-state index >= 15 is 0 Å². The largest absolute Gasteiger partial charge is 0.309 e. The Balaban J connectivity index is 1.13. The second-order valence-corrected chi connectivity index (χ2v) is 15.4. The monoisotopic (exact) mass is 730 g/mol. The van der Waals surface area contributed by atoms with Crippen LogP contribution < -0.4 is 0 Å². The first-order valence-corrected chi connectivity index (χ1v) is 19.7. The number of nitrogens with zero attached hydrogens (tertiary/aromatic N) is 4. The van der Waals surface area contributed by atoms with Crippen LogP contribution in [0.3, 0.4) is 0 Å². The zero-order chi connectivity index (χ0) is 36.7. The van der Waals surface area contributed by atoms with E-state index in [0.29, 0.717) is 17.5 Å².